The van der Waals surface area contributed by atoms with Gasteiger partial charge in [-0.05, 0) is 44.2 Å². The van der Waals surface area contributed by atoms with Crippen molar-refractivity contribution in [3.63, 3.8) is 0 Å². The summed E-state index contributed by atoms with van der Waals surface area (Å²) in [4.78, 5) is 10.8. The molecule has 0 saturated carbocycles. The predicted molar refractivity (Wildman–Crippen MR) is 101 cm³/mol. The van der Waals surface area contributed by atoms with Crippen LogP contribution in [0.2, 0.25) is 0 Å². The van der Waals surface area contributed by atoms with Gasteiger partial charge in [-0.3, -0.25) is 4.98 Å². The van der Waals surface area contributed by atoms with E-state index in [0.29, 0.717) is 17.1 Å². The number of nitrogens with zero attached hydrogens (tertiary/aromatic N) is 5. The summed E-state index contributed by atoms with van der Waals surface area (Å²) < 4.78 is 55.4. The van der Waals surface area contributed by atoms with Crippen molar-refractivity contribution in [2.75, 3.05) is 0 Å². The van der Waals surface area contributed by atoms with Gasteiger partial charge in [-0.25, -0.2) is 4.68 Å². The van der Waals surface area contributed by atoms with Crippen LogP contribution >= 0.6 is 0 Å². The molecule has 9 heteroatoms. The average molecular weight is 413 g/mol. The van der Waals surface area contributed by atoms with E-state index < -0.39 is 29.2 Å². The minimum atomic E-state index is -0.955. The van der Waals surface area contributed by atoms with E-state index in [-0.39, 0.29) is 11.3 Å². The Hall–Kier alpha value is -3.62. The molecule has 0 atom stereocenters. The fourth-order valence-electron chi connectivity index (χ4n) is 3.05. The van der Waals surface area contributed by atoms with E-state index in [2.05, 4.69) is 20.1 Å². The molecule has 152 valence electrons. The maximum Gasteiger partial charge on any atom is 0.224 e. The van der Waals surface area contributed by atoms with Crippen molar-refractivity contribution in [1.82, 2.24) is 24.7 Å². The summed E-state index contributed by atoms with van der Waals surface area (Å²) in [6.45, 7) is 3.72. The monoisotopic (exact) mass is 413 g/mol. The Bertz CT molecular complexity index is 1220. The maximum atomic E-state index is 14.1. The second-order valence-corrected chi connectivity index (χ2v) is 7.12. The maximum absolute atomic E-state index is 14.1. The minimum Gasteiger partial charge on any atom is -0.252 e. The molecule has 0 unspecified atom stereocenters. The van der Waals surface area contributed by atoms with E-state index in [1.54, 1.807) is 30.5 Å². The lowest BCUT2D eigenvalue weighted by Gasteiger charge is -2.22. The van der Waals surface area contributed by atoms with E-state index in [1.165, 1.54) is 10.7 Å². The SMILES string of the molecule is CC(C)(c1cccc(-c2ccc(F)nc2F)n1)c1ccn(-c2cc(F)nc(F)c2)n1. The molecule has 0 aliphatic rings. The molecule has 0 bridgehead atoms. The third kappa shape index (κ3) is 3.66. The summed E-state index contributed by atoms with van der Waals surface area (Å²) in [5, 5.41) is 4.42. The minimum absolute atomic E-state index is 0.0716. The van der Waals surface area contributed by atoms with Gasteiger partial charge in [0, 0.05) is 18.3 Å². The first kappa shape index (κ1) is 19.7. The van der Waals surface area contributed by atoms with Gasteiger partial charge in [-0.15, -0.1) is 0 Å². The van der Waals surface area contributed by atoms with Crippen LogP contribution in [0.15, 0.2) is 54.7 Å². The quantitative estimate of drug-likeness (QED) is 0.362. The first-order valence-corrected chi connectivity index (χ1v) is 8.93. The Kier molecular flexibility index (Phi) is 4.81. The van der Waals surface area contributed by atoms with Crippen molar-refractivity contribution in [3.8, 4) is 16.9 Å². The highest BCUT2D eigenvalue weighted by atomic mass is 19.1. The number of halogens is 4. The summed E-state index contributed by atoms with van der Waals surface area (Å²) in [5.74, 6) is -3.78. The molecule has 0 fully saturated rings. The average Bonchev–Trinajstić information content (AvgIpc) is 3.18. The molecule has 0 radical (unpaired) electrons. The first-order valence-electron chi connectivity index (χ1n) is 8.93. The number of hydrogen-bond donors (Lipinski definition) is 0. The highest BCUT2D eigenvalue weighted by Gasteiger charge is 2.28. The summed E-state index contributed by atoms with van der Waals surface area (Å²) in [6, 6.07) is 11.2. The standard InChI is InChI=1S/C21H15F4N5/c1-21(2,16-8-9-30(29-16)12-10-18(23)27-19(24)11-12)15-5-3-4-14(26-15)13-6-7-17(22)28-20(13)25/h3-11H,1-2H3. The van der Waals surface area contributed by atoms with Crippen LogP contribution in [-0.2, 0) is 5.41 Å². The molecule has 0 spiro atoms. The number of aromatic nitrogens is 5. The van der Waals surface area contributed by atoms with Crippen LogP contribution in [0.25, 0.3) is 16.9 Å². The number of pyridine rings is 3. The molecule has 0 amide bonds. The highest BCUT2D eigenvalue weighted by Crippen LogP contribution is 2.31. The molecule has 0 aliphatic heterocycles. The Morgan fingerprint density at radius 2 is 1.50 bits per heavy atom. The van der Waals surface area contributed by atoms with Crippen molar-refractivity contribution in [1.29, 1.82) is 0 Å². The third-order valence-electron chi connectivity index (χ3n) is 4.72. The summed E-state index contributed by atoms with van der Waals surface area (Å²) in [7, 11) is 0. The molecule has 5 nitrogen and oxygen atoms in total. The Morgan fingerprint density at radius 3 is 2.20 bits per heavy atom. The van der Waals surface area contributed by atoms with Crippen molar-refractivity contribution in [2.45, 2.75) is 19.3 Å². The van der Waals surface area contributed by atoms with Crippen LogP contribution in [0.4, 0.5) is 17.6 Å². The second kappa shape index (κ2) is 7.33. The van der Waals surface area contributed by atoms with E-state index in [9.17, 15) is 17.6 Å². The fourth-order valence-corrected chi connectivity index (χ4v) is 3.05. The van der Waals surface area contributed by atoms with E-state index in [4.69, 9.17) is 0 Å². The molecular formula is C21H15F4N5. The lowest BCUT2D eigenvalue weighted by Crippen LogP contribution is -2.22. The van der Waals surface area contributed by atoms with Gasteiger partial charge in [-0.1, -0.05) is 6.07 Å². The van der Waals surface area contributed by atoms with Crippen molar-refractivity contribution in [2.24, 2.45) is 0 Å². The van der Waals surface area contributed by atoms with Crippen LogP contribution < -0.4 is 0 Å². The molecule has 0 N–H and O–H groups in total. The van der Waals surface area contributed by atoms with Crippen LogP contribution in [0.3, 0.4) is 0 Å². The molecule has 4 heterocycles. The second-order valence-electron chi connectivity index (χ2n) is 7.12. The zero-order valence-corrected chi connectivity index (χ0v) is 15.9. The van der Waals surface area contributed by atoms with Crippen molar-refractivity contribution < 1.29 is 17.6 Å². The summed E-state index contributed by atoms with van der Waals surface area (Å²) in [5.41, 5.74) is 0.965. The summed E-state index contributed by atoms with van der Waals surface area (Å²) in [6.07, 6.45) is 1.57. The van der Waals surface area contributed by atoms with Gasteiger partial charge in [0.05, 0.1) is 33.7 Å². The number of hydrogen-bond acceptors (Lipinski definition) is 4. The molecule has 30 heavy (non-hydrogen) atoms. The fraction of sp³-hybridized carbons (Fsp3) is 0.143. The highest BCUT2D eigenvalue weighted by molar-refractivity contribution is 5.59. The van der Waals surface area contributed by atoms with Crippen LogP contribution in [0, 0.1) is 23.8 Å². The van der Waals surface area contributed by atoms with Gasteiger partial charge in [0.2, 0.25) is 23.8 Å². The molecule has 0 aromatic carbocycles. The van der Waals surface area contributed by atoms with Crippen molar-refractivity contribution in [3.05, 3.63) is 89.9 Å². The van der Waals surface area contributed by atoms with Crippen LogP contribution in [0.5, 0.6) is 0 Å². The molecule has 0 aliphatic carbocycles. The van der Waals surface area contributed by atoms with Gasteiger partial charge < -0.3 is 0 Å². The van der Waals surface area contributed by atoms with Gasteiger partial charge in [0.1, 0.15) is 0 Å². The lowest BCUT2D eigenvalue weighted by atomic mass is 9.85. The van der Waals surface area contributed by atoms with Gasteiger partial charge in [-0.2, -0.15) is 32.6 Å². The Labute approximate surface area is 169 Å². The molecule has 4 rings (SSSR count). The number of rotatable bonds is 4. The largest absolute Gasteiger partial charge is 0.252 e. The Balaban J connectivity index is 1.71. The smallest absolute Gasteiger partial charge is 0.224 e. The van der Waals surface area contributed by atoms with E-state index in [0.717, 1.165) is 18.2 Å². The van der Waals surface area contributed by atoms with Gasteiger partial charge >= 0.3 is 0 Å². The first-order chi connectivity index (χ1) is 14.2. The van der Waals surface area contributed by atoms with Crippen molar-refractivity contribution >= 4 is 0 Å². The normalized spacial score (nSPS) is 11.7. The zero-order valence-electron chi connectivity index (χ0n) is 15.9. The third-order valence-corrected chi connectivity index (χ3v) is 4.72. The predicted octanol–water partition coefficient (Wildman–Crippen LogP) is 4.61. The van der Waals surface area contributed by atoms with Gasteiger partial charge in [0.25, 0.3) is 0 Å². The molecule has 4 aromatic rings. The molecule has 0 saturated heterocycles. The van der Waals surface area contributed by atoms with Gasteiger partial charge in [0.15, 0.2) is 0 Å². The zero-order chi connectivity index (χ0) is 21.5. The topological polar surface area (TPSA) is 56.5 Å². The van der Waals surface area contributed by atoms with E-state index in [1.807, 2.05) is 13.8 Å². The Morgan fingerprint density at radius 1 is 0.767 bits per heavy atom. The van der Waals surface area contributed by atoms with Crippen LogP contribution in [0.1, 0.15) is 25.2 Å². The van der Waals surface area contributed by atoms with E-state index >= 15 is 0 Å². The molecular weight excluding hydrogens is 398 g/mol. The van der Waals surface area contributed by atoms with Crippen LogP contribution in [-0.4, -0.2) is 24.7 Å². The summed E-state index contributed by atoms with van der Waals surface area (Å²) >= 11 is 0. The molecule has 4 aromatic heterocycles. The lowest BCUT2D eigenvalue weighted by molar-refractivity contribution is 0.509.